The summed E-state index contributed by atoms with van der Waals surface area (Å²) in [5.74, 6) is 0.382. The van der Waals surface area contributed by atoms with Gasteiger partial charge in [0.15, 0.2) is 0 Å². The molecule has 2 saturated heterocycles. The lowest BCUT2D eigenvalue weighted by molar-refractivity contribution is -0.137. The van der Waals surface area contributed by atoms with Crippen molar-refractivity contribution in [2.24, 2.45) is 5.73 Å². The maximum absolute atomic E-state index is 13.5. The van der Waals surface area contributed by atoms with Crippen LogP contribution in [0.2, 0.25) is 10.0 Å². The first-order chi connectivity index (χ1) is 15.0. The van der Waals surface area contributed by atoms with Crippen LogP contribution < -0.4 is 5.73 Å². The zero-order valence-electron chi connectivity index (χ0n) is 17.9. The maximum Gasteiger partial charge on any atom is 0.240 e. The van der Waals surface area contributed by atoms with E-state index in [-0.39, 0.29) is 11.9 Å². The van der Waals surface area contributed by atoms with Gasteiger partial charge in [-0.15, -0.1) is 0 Å². The van der Waals surface area contributed by atoms with Gasteiger partial charge in [-0.25, -0.2) is 0 Å². The SMILES string of the molecule is NC(Cc1ccc(Cl)c(Cl)c1)C(=O)N1CCCC(c2ccccc2)C1CN1CCCC1. The fourth-order valence-electron chi connectivity index (χ4n) is 5.10. The van der Waals surface area contributed by atoms with Gasteiger partial charge in [-0.3, -0.25) is 4.79 Å². The predicted octanol–water partition coefficient (Wildman–Crippen LogP) is 4.73. The summed E-state index contributed by atoms with van der Waals surface area (Å²) in [5.41, 5.74) is 8.70. The average molecular weight is 460 g/mol. The van der Waals surface area contributed by atoms with Gasteiger partial charge in [-0.1, -0.05) is 59.6 Å². The number of hydrogen-bond acceptors (Lipinski definition) is 3. The Morgan fingerprint density at radius 3 is 2.45 bits per heavy atom. The van der Waals surface area contributed by atoms with Crippen molar-refractivity contribution in [3.63, 3.8) is 0 Å². The second-order valence-electron chi connectivity index (χ2n) is 8.83. The molecule has 1 amide bonds. The Balaban J connectivity index is 1.54. The Kier molecular flexibility index (Phi) is 7.55. The number of halogens is 2. The van der Waals surface area contributed by atoms with Crippen LogP contribution in [-0.2, 0) is 11.2 Å². The van der Waals surface area contributed by atoms with Gasteiger partial charge < -0.3 is 15.5 Å². The predicted molar refractivity (Wildman–Crippen MR) is 128 cm³/mol. The molecule has 31 heavy (non-hydrogen) atoms. The van der Waals surface area contributed by atoms with Crippen LogP contribution in [0.25, 0.3) is 0 Å². The summed E-state index contributed by atoms with van der Waals surface area (Å²) in [6.45, 7) is 3.94. The Bertz CT molecular complexity index is 886. The summed E-state index contributed by atoms with van der Waals surface area (Å²) in [7, 11) is 0. The van der Waals surface area contributed by atoms with Crippen LogP contribution in [0, 0.1) is 0 Å². The van der Waals surface area contributed by atoms with E-state index >= 15 is 0 Å². The molecule has 4 nitrogen and oxygen atoms in total. The highest BCUT2D eigenvalue weighted by molar-refractivity contribution is 6.42. The fraction of sp³-hybridized carbons (Fsp3) is 0.480. The van der Waals surface area contributed by atoms with Gasteiger partial charge in [0.25, 0.3) is 0 Å². The van der Waals surface area contributed by atoms with E-state index in [4.69, 9.17) is 28.9 Å². The Morgan fingerprint density at radius 1 is 1.00 bits per heavy atom. The summed E-state index contributed by atoms with van der Waals surface area (Å²) in [5, 5.41) is 1.01. The number of benzene rings is 2. The van der Waals surface area contributed by atoms with Crippen molar-refractivity contribution in [2.45, 2.75) is 50.1 Å². The highest BCUT2D eigenvalue weighted by Crippen LogP contribution is 2.34. The molecule has 3 atom stereocenters. The molecule has 0 bridgehead atoms. The van der Waals surface area contributed by atoms with E-state index in [0.29, 0.717) is 22.4 Å². The van der Waals surface area contributed by atoms with E-state index in [9.17, 15) is 4.79 Å². The molecule has 166 valence electrons. The number of carbonyl (C=O) groups excluding carboxylic acids is 1. The second kappa shape index (κ2) is 10.4. The summed E-state index contributed by atoms with van der Waals surface area (Å²) in [6.07, 6.45) is 5.05. The molecule has 2 N–H and O–H groups in total. The summed E-state index contributed by atoms with van der Waals surface area (Å²) >= 11 is 12.2. The van der Waals surface area contributed by atoms with Gasteiger partial charge >= 0.3 is 0 Å². The van der Waals surface area contributed by atoms with E-state index in [1.165, 1.54) is 18.4 Å². The van der Waals surface area contributed by atoms with E-state index in [1.807, 2.05) is 12.1 Å². The Hall–Kier alpha value is -1.59. The number of nitrogens with two attached hydrogens (primary N) is 1. The van der Waals surface area contributed by atoms with Crippen LogP contribution in [0.3, 0.4) is 0 Å². The first kappa shape index (κ1) is 22.6. The molecule has 6 heteroatoms. The quantitative estimate of drug-likeness (QED) is 0.678. The minimum atomic E-state index is -0.590. The number of carbonyl (C=O) groups is 1. The van der Waals surface area contributed by atoms with Crippen LogP contribution in [0.1, 0.15) is 42.7 Å². The fourth-order valence-corrected chi connectivity index (χ4v) is 5.42. The van der Waals surface area contributed by atoms with Crippen molar-refractivity contribution < 1.29 is 4.79 Å². The van der Waals surface area contributed by atoms with Gasteiger partial charge in [-0.05, 0) is 68.5 Å². The molecule has 4 rings (SSSR count). The molecule has 2 fully saturated rings. The van der Waals surface area contributed by atoms with Gasteiger partial charge in [-0.2, -0.15) is 0 Å². The number of piperidine rings is 1. The standard InChI is InChI=1S/C25H31Cl2N3O/c26-21-11-10-18(15-22(21)27)16-23(28)25(31)30-14-6-9-20(19-7-2-1-3-8-19)24(30)17-29-12-4-5-13-29/h1-3,7-8,10-11,15,20,23-24H,4-6,9,12-14,16-17,28H2. The summed E-state index contributed by atoms with van der Waals surface area (Å²) in [6, 6.07) is 15.7. The lowest BCUT2D eigenvalue weighted by Gasteiger charge is -2.44. The van der Waals surface area contributed by atoms with Crippen LogP contribution in [0.4, 0.5) is 0 Å². The van der Waals surface area contributed by atoms with Crippen LogP contribution >= 0.6 is 23.2 Å². The van der Waals surface area contributed by atoms with E-state index < -0.39 is 6.04 Å². The number of rotatable bonds is 6. The Labute approximate surface area is 195 Å². The molecule has 2 aromatic carbocycles. The topological polar surface area (TPSA) is 49.6 Å². The molecule has 0 saturated carbocycles. The molecule has 3 unspecified atom stereocenters. The van der Waals surface area contributed by atoms with Crippen LogP contribution in [0.15, 0.2) is 48.5 Å². The minimum Gasteiger partial charge on any atom is -0.336 e. The number of nitrogens with zero attached hydrogens (tertiary/aromatic N) is 2. The van der Waals surface area contributed by atoms with Crippen molar-refractivity contribution in [1.82, 2.24) is 9.80 Å². The molecule has 2 aliphatic heterocycles. The maximum atomic E-state index is 13.5. The lowest BCUT2D eigenvalue weighted by Crippen LogP contribution is -2.56. The van der Waals surface area contributed by atoms with Crippen LogP contribution in [0.5, 0.6) is 0 Å². The van der Waals surface area contributed by atoms with Gasteiger partial charge in [0.2, 0.25) is 5.91 Å². The highest BCUT2D eigenvalue weighted by atomic mass is 35.5. The Morgan fingerprint density at radius 2 is 1.74 bits per heavy atom. The van der Waals surface area contributed by atoms with Gasteiger partial charge in [0, 0.05) is 19.0 Å². The number of hydrogen-bond donors (Lipinski definition) is 1. The first-order valence-electron chi connectivity index (χ1n) is 11.3. The first-order valence-corrected chi connectivity index (χ1v) is 12.1. The number of amides is 1. The molecular weight excluding hydrogens is 429 g/mol. The summed E-state index contributed by atoms with van der Waals surface area (Å²) < 4.78 is 0. The molecule has 0 radical (unpaired) electrons. The zero-order valence-corrected chi connectivity index (χ0v) is 19.4. The van der Waals surface area contributed by atoms with Crippen molar-refractivity contribution in [3.8, 4) is 0 Å². The molecule has 2 aromatic rings. The molecule has 2 heterocycles. The van der Waals surface area contributed by atoms with E-state index in [1.54, 1.807) is 6.07 Å². The van der Waals surface area contributed by atoms with Crippen molar-refractivity contribution in [1.29, 1.82) is 0 Å². The third kappa shape index (κ3) is 5.43. The molecular formula is C25H31Cl2N3O. The lowest BCUT2D eigenvalue weighted by atomic mass is 9.82. The zero-order chi connectivity index (χ0) is 21.8. The molecule has 0 aromatic heterocycles. The average Bonchev–Trinajstić information content (AvgIpc) is 3.30. The van der Waals surface area contributed by atoms with Crippen molar-refractivity contribution in [2.75, 3.05) is 26.2 Å². The second-order valence-corrected chi connectivity index (χ2v) is 9.64. The summed E-state index contributed by atoms with van der Waals surface area (Å²) in [4.78, 5) is 18.1. The normalized spacial score (nSPS) is 23.1. The smallest absolute Gasteiger partial charge is 0.240 e. The van der Waals surface area contributed by atoms with Crippen LogP contribution in [-0.4, -0.2) is 54.0 Å². The number of likely N-dealkylation sites (tertiary alicyclic amines) is 2. The molecule has 2 aliphatic rings. The third-order valence-corrected chi connectivity index (χ3v) is 7.43. The van der Waals surface area contributed by atoms with E-state index in [2.05, 4.69) is 40.1 Å². The van der Waals surface area contributed by atoms with E-state index in [0.717, 1.165) is 44.6 Å². The highest BCUT2D eigenvalue weighted by Gasteiger charge is 2.38. The molecule has 0 spiro atoms. The third-order valence-electron chi connectivity index (χ3n) is 6.69. The monoisotopic (exact) mass is 459 g/mol. The van der Waals surface area contributed by atoms with Gasteiger partial charge in [0.05, 0.1) is 22.1 Å². The largest absolute Gasteiger partial charge is 0.336 e. The van der Waals surface area contributed by atoms with Gasteiger partial charge in [0.1, 0.15) is 0 Å². The van der Waals surface area contributed by atoms with Crippen molar-refractivity contribution in [3.05, 3.63) is 69.7 Å². The minimum absolute atomic E-state index is 0.0379. The van der Waals surface area contributed by atoms with Crippen molar-refractivity contribution >= 4 is 29.1 Å². The molecule has 0 aliphatic carbocycles.